The van der Waals surface area contributed by atoms with Crippen LogP contribution >= 0.6 is 11.3 Å². The van der Waals surface area contributed by atoms with E-state index in [-0.39, 0.29) is 11.9 Å². The number of aromatic nitrogens is 1. The van der Waals surface area contributed by atoms with Crippen LogP contribution in [0.5, 0.6) is 0 Å². The molecule has 1 amide bonds. The molecule has 1 heterocycles. The van der Waals surface area contributed by atoms with Crippen molar-refractivity contribution in [2.24, 2.45) is 0 Å². The lowest BCUT2D eigenvalue weighted by atomic mass is 10.1. The van der Waals surface area contributed by atoms with Gasteiger partial charge in [0.05, 0.1) is 10.2 Å². The molecule has 5 nitrogen and oxygen atoms in total. The number of nitrogens with one attached hydrogen (secondary N) is 1. The summed E-state index contributed by atoms with van der Waals surface area (Å²) in [6, 6.07) is 8.00. The van der Waals surface area contributed by atoms with E-state index in [0.29, 0.717) is 0 Å². The fourth-order valence-corrected chi connectivity index (χ4v) is 3.98. The summed E-state index contributed by atoms with van der Waals surface area (Å²) < 4.78 is 6.29. The number of ether oxygens (including phenoxy) is 1. The summed E-state index contributed by atoms with van der Waals surface area (Å²) in [4.78, 5) is 28.6. The van der Waals surface area contributed by atoms with E-state index in [0.717, 1.165) is 40.9 Å². The Balaban J connectivity index is 1.50. The average Bonchev–Trinajstić information content (AvgIpc) is 2.88. The Kier molecular flexibility index (Phi) is 6.39. The first-order valence-corrected chi connectivity index (χ1v) is 9.98. The first-order chi connectivity index (χ1) is 12.6. The Morgan fingerprint density at radius 3 is 2.69 bits per heavy atom. The van der Waals surface area contributed by atoms with E-state index in [1.54, 1.807) is 13.0 Å². The summed E-state index contributed by atoms with van der Waals surface area (Å²) in [6.07, 6.45) is 8.91. The molecule has 26 heavy (non-hydrogen) atoms. The van der Waals surface area contributed by atoms with Crippen molar-refractivity contribution < 1.29 is 14.3 Å². The van der Waals surface area contributed by atoms with Crippen LogP contribution in [0.3, 0.4) is 0 Å². The maximum Gasteiger partial charge on any atom is 0.331 e. The van der Waals surface area contributed by atoms with Crippen LogP contribution in [0.25, 0.3) is 16.3 Å². The average molecular weight is 372 g/mol. The van der Waals surface area contributed by atoms with Crippen LogP contribution in [-0.2, 0) is 14.3 Å². The predicted octanol–water partition coefficient (Wildman–Crippen LogP) is 4.08. The molecule has 0 bridgehead atoms. The van der Waals surface area contributed by atoms with Crippen LogP contribution in [0.1, 0.15) is 50.5 Å². The minimum absolute atomic E-state index is 0.199. The van der Waals surface area contributed by atoms with Crippen LogP contribution in [0.4, 0.5) is 0 Å². The summed E-state index contributed by atoms with van der Waals surface area (Å²) in [6.45, 7) is 1.61. The van der Waals surface area contributed by atoms with Gasteiger partial charge in [0.1, 0.15) is 5.01 Å². The highest BCUT2D eigenvalue weighted by Gasteiger charge is 2.21. The van der Waals surface area contributed by atoms with E-state index >= 15 is 0 Å². The molecule has 1 aromatic heterocycles. The topological polar surface area (TPSA) is 68.3 Å². The van der Waals surface area contributed by atoms with Gasteiger partial charge in [0, 0.05) is 12.1 Å². The molecule has 6 heteroatoms. The summed E-state index contributed by atoms with van der Waals surface area (Å²) in [5.74, 6) is -0.758. The van der Waals surface area contributed by atoms with Gasteiger partial charge in [-0.05, 0) is 38.0 Å². The summed E-state index contributed by atoms with van der Waals surface area (Å²) in [5, 5.41) is 3.74. The van der Waals surface area contributed by atoms with Gasteiger partial charge in [-0.3, -0.25) is 4.79 Å². The molecule has 1 fully saturated rings. The second-order valence-corrected chi connectivity index (χ2v) is 7.69. The fraction of sp³-hybridized carbons (Fsp3) is 0.450. The molecule has 138 valence electrons. The Hall–Kier alpha value is -2.21. The lowest BCUT2D eigenvalue weighted by Crippen LogP contribution is -2.41. The second-order valence-electron chi connectivity index (χ2n) is 6.63. The van der Waals surface area contributed by atoms with E-state index in [1.165, 1.54) is 30.3 Å². The van der Waals surface area contributed by atoms with Gasteiger partial charge in [-0.25, -0.2) is 9.78 Å². The van der Waals surface area contributed by atoms with Gasteiger partial charge in [0.15, 0.2) is 6.10 Å². The lowest BCUT2D eigenvalue weighted by Gasteiger charge is -2.19. The number of rotatable bonds is 5. The third kappa shape index (κ3) is 5.14. The van der Waals surface area contributed by atoms with Gasteiger partial charge in [-0.2, -0.15) is 0 Å². The maximum atomic E-state index is 12.2. The minimum atomic E-state index is -0.800. The molecule has 0 unspecified atom stereocenters. The number of nitrogens with zero attached hydrogens (tertiary/aromatic N) is 1. The zero-order valence-corrected chi connectivity index (χ0v) is 15.8. The number of hydrogen-bond acceptors (Lipinski definition) is 5. The summed E-state index contributed by atoms with van der Waals surface area (Å²) in [7, 11) is 0. The van der Waals surface area contributed by atoms with Crippen LogP contribution in [0, 0.1) is 0 Å². The molecule has 0 saturated heterocycles. The number of hydrogen-bond donors (Lipinski definition) is 1. The maximum absolute atomic E-state index is 12.2. The van der Waals surface area contributed by atoms with Gasteiger partial charge < -0.3 is 10.1 Å². The van der Waals surface area contributed by atoms with Crippen LogP contribution in [0.2, 0.25) is 0 Å². The number of fused-ring (bicyclic) bond motifs is 1. The second kappa shape index (κ2) is 8.94. The number of carbonyl (C=O) groups is 2. The summed E-state index contributed by atoms with van der Waals surface area (Å²) in [5.41, 5.74) is 0.904. The van der Waals surface area contributed by atoms with Gasteiger partial charge in [-0.1, -0.05) is 37.8 Å². The van der Waals surface area contributed by atoms with Crippen LogP contribution < -0.4 is 5.32 Å². The van der Waals surface area contributed by atoms with Crippen molar-refractivity contribution in [3.8, 4) is 0 Å². The van der Waals surface area contributed by atoms with Gasteiger partial charge in [-0.15, -0.1) is 11.3 Å². The standard InChI is InChI=1S/C20H24N2O3S/c1-14(20(24)21-15-8-4-2-3-5-9-15)25-19(23)13-12-18-22-16-10-6-7-11-17(16)26-18/h6-7,10-15H,2-5,8-9H2,1H3,(H,21,24)/b13-12+/t14-/m0/s1. The Labute approximate surface area is 157 Å². The number of thiazole rings is 1. The van der Waals surface area contributed by atoms with Crippen molar-refractivity contribution in [1.82, 2.24) is 10.3 Å². The number of para-hydroxylation sites is 1. The first kappa shape index (κ1) is 18.6. The molecule has 0 radical (unpaired) electrons. The first-order valence-electron chi connectivity index (χ1n) is 9.16. The van der Waals surface area contributed by atoms with Crippen LogP contribution in [-0.4, -0.2) is 29.0 Å². The normalized spacial score (nSPS) is 17.1. The van der Waals surface area contributed by atoms with Gasteiger partial charge in [0.2, 0.25) is 0 Å². The Morgan fingerprint density at radius 1 is 1.23 bits per heavy atom. The zero-order chi connectivity index (χ0) is 18.4. The van der Waals surface area contributed by atoms with Gasteiger partial charge in [0.25, 0.3) is 5.91 Å². The van der Waals surface area contributed by atoms with Crippen molar-refractivity contribution in [3.05, 3.63) is 35.3 Å². The molecule has 2 aromatic rings. The van der Waals surface area contributed by atoms with Crippen molar-refractivity contribution in [2.45, 2.75) is 57.6 Å². The third-order valence-corrected chi connectivity index (χ3v) is 5.54. The Morgan fingerprint density at radius 2 is 1.96 bits per heavy atom. The van der Waals surface area contributed by atoms with E-state index in [1.807, 2.05) is 24.3 Å². The molecule has 0 spiro atoms. The highest BCUT2D eigenvalue weighted by Crippen LogP contribution is 2.22. The SMILES string of the molecule is C[C@H](OC(=O)/C=C/c1nc2ccccc2s1)C(=O)NC1CCCCCC1. The smallest absolute Gasteiger partial charge is 0.331 e. The number of amides is 1. The summed E-state index contributed by atoms with van der Waals surface area (Å²) >= 11 is 1.50. The minimum Gasteiger partial charge on any atom is -0.449 e. The molecule has 1 atom stereocenters. The molecule has 1 N–H and O–H groups in total. The van der Waals surface area contributed by atoms with Crippen molar-refractivity contribution in [3.63, 3.8) is 0 Å². The van der Waals surface area contributed by atoms with Crippen molar-refractivity contribution in [1.29, 1.82) is 0 Å². The van der Waals surface area contributed by atoms with Gasteiger partial charge >= 0.3 is 5.97 Å². The number of benzene rings is 1. The molecule has 3 rings (SSSR count). The fourth-order valence-electron chi connectivity index (χ4n) is 3.11. The van der Waals surface area contributed by atoms with Crippen LogP contribution in [0.15, 0.2) is 30.3 Å². The van der Waals surface area contributed by atoms with Crippen molar-refractivity contribution in [2.75, 3.05) is 0 Å². The molecule has 1 saturated carbocycles. The largest absolute Gasteiger partial charge is 0.449 e. The quantitative estimate of drug-likeness (QED) is 0.488. The number of carbonyl (C=O) groups excluding carboxylic acids is 2. The predicted molar refractivity (Wildman–Crippen MR) is 104 cm³/mol. The van der Waals surface area contributed by atoms with Crippen molar-refractivity contribution >= 4 is 39.5 Å². The lowest BCUT2D eigenvalue weighted by molar-refractivity contribution is -0.150. The molecular weight excluding hydrogens is 348 g/mol. The zero-order valence-electron chi connectivity index (χ0n) is 14.9. The van der Waals surface area contributed by atoms with E-state index in [2.05, 4.69) is 10.3 Å². The molecular formula is C20H24N2O3S. The van der Waals surface area contributed by atoms with E-state index in [4.69, 9.17) is 4.74 Å². The van der Waals surface area contributed by atoms with E-state index in [9.17, 15) is 9.59 Å². The highest BCUT2D eigenvalue weighted by molar-refractivity contribution is 7.19. The molecule has 1 aliphatic rings. The molecule has 1 aromatic carbocycles. The number of esters is 1. The van der Waals surface area contributed by atoms with E-state index < -0.39 is 12.1 Å². The third-order valence-electron chi connectivity index (χ3n) is 4.54. The Bertz CT molecular complexity index is 758. The highest BCUT2D eigenvalue weighted by atomic mass is 32.1. The molecule has 1 aliphatic carbocycles. The monoisotopic (exact) mass is 372 g/mol. The molecule has 0 aliphatic heterocycles.